The number of carbonyl (C=O) groups excluding carboxylic acids is 1. The zero-order valence-corrected chi connectivity index (χ0v) is 18.6. The van der Waals surface area contributed by atoms with Crippen molar-refractivity contribution >= 4 is 39.8 Å². The van der Waals surface area contributed by atoms with Crippen LogP contribution < -0.4 is 11.1 Å². The number of hydrogen-bond acceptors (Lipinski definition) is 7. The van der Waals surface area contributed by atoms with Crippen LogP contribution >= 0.6 is 23.1 Å². The van der Waals surface area contributed by atoms with Crippen molar-refractivity contribution in [1.29, 1.82) is 0 Å². The van der Waals surface area contributed by atoms with Crippen molar-refractivity contribution in [2.75, 3.05) is 11.1 Å². The zero-order valence-electron chi connectivity index (χ0n) is 17.0. The quantitative estimate of drug-likeness (QED) is 0.384. The van der Waals surface area contributed by atoms with Crippen LogP contribution in [0.5, 0.6) is 0 Å². The molecule has 0 aliphatic heterocycles. The third-order valence-corrected chi connectivity index (χ3v) is 6.37. The average molecular weight is 451 g/mol. The first-order valence-corrected chi connectivity index (χ1v) is 11.7. The van der Waals surface area contributed by atoms with Crippen LogP contribution in [0.3, 0.4) is 0 Å². The number of nitrogen functional groups attached to an aromatic ring is 1. The Bertz CT molecular complexity index is 1170. The first kappa shape index (κ1) is 21.1. The van der Waals surface area contributed by atoms with Crippen LogP contribution in [-0.2, 0) is 18.7 Å². The Labute approximate surface area is 188 Å². The van der Waals surface area contributed by atoms with Crippen LogP contribution in [0.15, 0.2) is 65.1 Å². The Balaban J connectivity index is 1.42. The van der Waals surface area contributed by atoms with Crippen LogP contribution in [-0.4, -0.2) is 25.7 Å². The largest absolute Gasteiger partial charge is 0.375 e. The average Bonchev–Trinajstić information content (AvgIpc) is 3.38. The number of para-hydroxylation sites is 1. The number of rotatable bonds is 8. The first-order chi connectivity index (χ1) is 15.1. The highest BCUT2D eigenvalue weighted by Crippen LogP contribution is 2.24. The van der Waals surface area contributed by atoms with Crippen molar-refractivity contribution in [2.24, 2.45) is 0 Å². The number of hydrogen-bond donors (Lipinski definition) is 2. The summed E-state index contributed by atoms with van der Waals surface area (Å²) < 4.78 is 2.09. The minimum Gasteiger partial charge on any atom is -0.375 e. The van der Waals surface area contributed by atoms with Gasteiger partial charge in [-0.15, -0.1) is 21.5 Å². The predicted molar refractivity (Wildman–Crippen MR) is 125 cm³/mol. The number of nitrogens with one attached hydrogen (secondary N) is 1. The van der Waals surface area contributed by atoms with Gasteiger partial charge in [-0.3, -0.25) is 4.79 Å². The molecule has 1 amide bonds. The van der Waals surface area contributed by atoms with E-state index in [1.165, 1.54) is 11.3 Å². The molecule has 4 rings (SSSR count). The van der Waals surface area contributed by atoms with Gasteiger partial charge >= 0.3 is 0 Å². The fourth-order valence-corrected chi connectivity index (χ4v) is 4.64. The van der Waals surface area contributed by atoms with E-state index in [9.17, 15) is 4.79 Å². The van der Waals surface area contributed by atoms with Gasteiger partial charge in [0.05, 0.1) is 12.1 Å². The number of thiazole rings is 1. The minimum absolute atomic E-state index is 0.125. The summed E-state index contributed by atoms with van der Waals surface area (Å²) in [7, 11) is 0. The van der Waals surface area contributed by atoms with Gasteiger partial charge in [-0.2, -0.15) is 0 Å². The maximum Gasteiger partial charge on any atom is 0.255 e. The van der Waals surface area contributed by atoms with Gasteiger partial charge in [-0.1, -0.05) is 42.1 Å². The third-order valence-electron chi connectivity index (χ3n) is 4.61. The second-order valence-electron chi connectivity index (χ2n) is 6.81. The summed E-state index contributed by atoms with van der Waals surface area (Å²) in [4.78, 5) is 16.9. The molecule has 0 aliphatic rings. The van der Waals surface area contributed by atoms with Gasteiger partial charge in [0.15, 0.2) is 10.3 Å². The van der Waals surface area contributed by atoms with E-state index in [-0.39, 0.29) is 5.91 Å². The van der Waals surface area contributed by atoms with Crippen molar-refractivity contribution in [2.45, 2.75) is 30.8 Å². The van der Waals surface area contributed by atoms with Crippen molar-refractivity contribution in [1.82, 2.24) is 19.7 Å². The van der Waals surface area contributed by atoms with Crippen LogP contribution in [0.25, 0.3) is 0 Å². The molecule has 3 N–H and O–H groups in total. The second kappa shape index (κ2) is 9.76. The predicted octanol–water partition coefficient (Wildman–Crippen LogP) is 4.47. The first-order valence-electron chi connectivity index (χ1n) is 9.82. The van der Waals surface area contributed by atoms with Gasteiger partial charge in [-0.05, 0) is 36.8 Å². The maximum atomic E-state index is 12.6. The SMILES string of the molecule is CCn1c(Cc2csc(N)n2)nnc1SCc1cccc(C(=O)Nc2ccccc2)c1. The number of amides is 1. The number of benzene rings is 2. The lowest BCUT2D eigenvalue weighted by atomic mass is 10.1. The topological polar surface area (TPSA) is 98.7 Å². The lowest BCUT2D eigenvalue weighted by Crippen LogP contribution is -2.11. The molecule has 2 aromatic carbocycles. The van der Waals surface area contributed by atoms with Crippen molar-refractivity contribution < 1.29 is 4.79 Å². The van der Waals surface area contributed by atoms with Crippen LogP contribution in [0.2, 0.25) is 0 Å². The minimum atomic E-state index is -0.125. The van der Waals surface area contributed by atoms with Crippen LogP contribution in [0.1, 0.15) is 34.4 Å². The number of anilines is 2. The number of thioether (sulfide) groups is 1. The molecule has 0 aliphatic carbocycles. The van der Waals surface area contributed by atoms with E-state index >= 15 is 0 Å². The molecule has 0 saturated carbocycles. The van der Waals surface area contributed by atoms with Crippen LogP contribution in [0.4, 0.5) is 10.8 Å². The number of aromatic nitrogens is 4. The monoisotopic (exact) mass is 450 g/mol. The molecular weight excluding hydrogens is 428 g/mol. The molecule has 0 atom stereocenters. The smallest absolute Gasteiger partial charge is 0.255 e. The Morgan fingerprint density at radius 2 is 2.00 bits per heavy atom. The highest BCUT2D eigenvalue weighted by atomic mass is 32.2. The van der Waals surface area contributed by atoms with Gasteiger partial charge in [0.25, 0.3) is 5.91 Å². The van der Waals surface area contributed by atoms with E-state index in [1.54, 1.807) is 11.8 Å². The summed E-state index contributed by atoms with van der Waals surface area (Å²) in [6.07, 6.45) is 0.601. The highest BCUT2D eigenvalue weighted by molar-refractivity contribution is 7.98. The Morgan fingerprint density at radius 3 is 2.74 bits per heavy atom. The van der Waals surface area contributed by atoms with Crippen molar-refractivity contribution in [3.05, 3.63) is 82.6 Å². The van der Waals surface area contributed by atoms with Crippen LogP contribution in [0, 0.1) is 0 Å². The third kappa shape index (κ3) is 5.31. The van der Waals surface area contributed by atoms with E-state index in [1.807, 2.05) is 60.0 Å². The molecule has 0 bridgehead atoms. The summed E-state index contributed by atoms with van der Waals surface area (Å²) in [5.41, 5.74) is 9.08. The molecule has 7 nitrogen and oxygen atoms in total. The molecule has 0 spiro atoms. The molecule has 31 heavy (non-hydrogen) atoms. The molecule has 2 aromatic heterocycles. The maximum absolute atomic E-state index is 12.6. The van der Waals surface area contributed by atoms with Gasteiger partial charge in [0, 0.05) is 28.9 Å². The highest BCUT2D eigenvalue weighted by Gasteiger charge is 2.14. The summed E-state index contributed by atoms with van der Waals surface area (Å²) in [6.45, 7) is 2.84. The van der Waals surface area contributed by atoms with E-state index in [2.05, 4.69) is 32.0 Å². The molecule has 158 valence electrons. The van der Waals surface area contributed by atoms with E-state index in [0.717, 1.165) is 34.5 Å². The Morgan fingerprint density at radius 1 is 1.16 bits per heavy atom. The number of nitrogens with zero attached hydrogens (tertiary/aromatic N) is 4. The molecule has 0 radical (unpaired) electrons. The molecule has 2 heterocycles. The summed E-state index contributed by atoms with van der Waals surface area (Å²) in [5, 5.41) is 15.0. The van der Waals surface area contributed by atoms with Gasteiger partial charge in [-0.25, -0.2) is 4.98 Å². The Kier molecular flexibility index (Phi) is 6.63. The van der Waals surface area contributed by atoms with Gasteiger partial charge in [0.1, 0.15) is 5.82 Å². The van der Waals surface area contributed by atoms with E-state index in [4.69, 9.17) is 5.73 Å². The lowest BCUT2D eigenvalue weighted by Gasteiger charge is -2.08. The molecule has 4 aromatic rings. The molecular formula is C22H22N6OS2. The van der Waals surface area contributed by atoms with Crippen molar-refractivity contribution in [3.63, 3.8) is 0 Å². The normalized spacial score (nSPS) is 10.9. The zero-order chi connectivity index (χ0) is 21.6. The molecule has 0 unspecified atom stereocenters. The molecule has 0 saturated heterocycles. The van der Waals surface area contributed by atoms with E-state index < -0.39 is 0 Å². The lowest BCUT2D eigenvalue weighted by molar-refractivity contribution is 0.102. The van der Waals surface area contributed by atoms with Crippen molar-refractivity contribution in [3.8, 4) is 0 Å². The van der Waals surface area contributed by atoms with Gasteiger partial charge < -0.3 is 15.6 Å². The second-order valence-corrected chi connectivity index (χ2v) is 8.64. The standard InChI is InChI=1S/C22H22N6OS2/c1-2-28-19(12-18-14-30-21(23)25-18)26-27-22(28)31-13-15-7-6-8-16(11-15)20(29)24-17-9-4-3-5-10-17/h3-11,14H,2,12-13H2,1H3,(H2,23,25)(H,24,29). The number of carbonyl (C=O) groups is 1. The fraction of sp³-hybridized carbons (Fsp3) is 0.182. The van der Waals surface area contributed by atoms with Gasteiger partial charge in [0.2, 0.25) is 0 Å². The molecule has 0 fully saturated rings. The number of nitrogens with two attached hydrogens (primary N) is 1. The Hall–Kier alpha value is -3.17. The summed E-state index contributed by atoms with van der Waals surface area (Å²) in [6, 6.07) is 17.1. The fourth-order valence-electron chi connectivity index (χ4n) is 3.12. The summed E-state index contributed by atoms with van der Waals surface area (Å²) in [5.74, 6) is 1.43. The van der Waals surface area contributed by atoms with E-state index in [0.29, 0.717) is 22.9 Å². The molecule has 9 heteroatoms. The summed E-state index contributed by atoms with van der Waals surface area (Å²) >= 11 is 3.03.